The van der Waals surface area contributed by atoms with E-state index >= 15 is 0 Å². The van der Waals surface area contributed by atoms with Gasteiger partial charge in [-0.05, 0) is 28.1 Å². The fraction of sp³-hybridized carbons (Fsp3) is 0.125. The fourth-order valence-corrected chi connectivity index (χ4v) is 1.31. The van der Waals surface area contributed by atoms with Crippen molar-refractivity contribution in [3.05, 3.63) is 41.2 Å². The van der Waals surface area contributed by atoms with Gasteiger partial charge >= 0.3 is 0 Å². The summed E-state index contributed by atoms with van der Waals surface area (Å²) in [6.45, 7) is 0.640. The van der Waals surface area contributed by atoms with E-state index < -0.39 is 0 Å². The Hall–Kier alpha value is -1.23. The highest BCUT2D eigenvalue weighted by Gasteiger charge is 2.00. The molecule has 0 aliphatic carbocycles. The van der Waals surface area contributed by atoms with Crippen LogP contribution in [0.15, 0.2) is 35.5 Å². The summed E-state index contributed by atoms with van der Waals surface area (Å²) in [7, 11) is 0. The molecule has 2 heterocycles. The Morgan fingerprint density at radius 1 is 1.31 bits per heavy atom. The van der Waals surface area contributed by atoms with Crippen molar-refractivity contribution in [1.82, 2.24) is 19.7 Å². The minimum Gasteiger partial charge on any atom is -0.259 e. The number of pyridine rings is 1. The largest absolute Gasteiger partial charge is 0.259 e. The van der Waals surface area contributed by atoms with Gasteiger partial charge in [-0.1, -0.05) is 6.07 Å². The van der Waals surface area contributed by atoms with E-state index in [2.05, 4.69) is 31.0 Å². The van der Waals surface area contributed by atoms with Crippen molar-refractivity contribution in [3.63, 3.8) is 0 Å². The van der Waals surface area contributed by atoms with Crippen LogP contribution >= 0.6 is 15.9 Å². The highest BCUT2D eigenvalue weighted by molar-refractivity contribution is 9.10. The lowest BCUT2D eigenvalue weighted by Gasteiger charge is -2.00. The topological polar surface area (TPSA) is 43.6 Å². The van der Waals surface area contributed by atoms with Crippen LogP contribution in [-0.4, -0.2) is 19.7 Å². The molecule has 13 heavy (non-hydrogen) atoms. The molecule has 0 aliphatic heterocycles. The molecule has 0 fully saturated rings. The van der Waals surface area contributed by atoms with Gasteiger partial charge in [0.05, 0.1) is 12.2 Å². The van der Waals surface area contributed by atoms with Crippen LogP contribution in [0.3, 0.4) is 0 Å². The minimum absolute atomic E-state index is 0.640. The monoisotopic (exact) mass is 238 g/mol. The van der Waals surface area contributed by atoms with Crippen LogP contribution in [0.4, 0.5) is 0 Å². The van der Waals surface area contributed by atoms with E-state index in [4.69, 9.17) is 0 Å². The summed E-state index contributed by atoms with van der Waals surface area (Å²) in [6.07, 6.45) is 3.27. The van der Waals surface area contributed by atoms with Crippen molar-refractivity contribution in [3.8, 4) is 0 Å². The van der Waals surface area contributed by atoms with Gasteiger partial charge in [-0.25, -0.2) is 9.67 Å². The second-order valence-corrected chi connectivity index (χ2v) is 3.22. The molecular weight excluding hydrogens is 232 g/mol. The van der Waals surface area contributed by atoms with Crippen molar-refractivity contribution in [2.75, 3.05) is 0 Å². The van der Waals surface area contributed by atoms with Crippen LogP contribution in [-0.2, 0) is 6.54 Å². The standard InChI is InChI=1S/C8H7BrN4/c9-8-11-6-12-13(8)5-7-3-1-2-4-10-7/h1-4,6H,5H2. The van der Waals surface area contributed by atoms with Crippen molar-refractivity contribution < 1.29 is 0 Å². The summed E-state index contributed by atoms with van der Waals surface area (Å²) in [5.74, 6) is 0. The number of hydrogen-bond donors (Lipinski definition) is 0. The quantitative estimate of drug-likeness (QED) is 0.797. The van der Waals surface area contributed by atoms with E-state index in [1.807, 2.05) is 18.2 Å². The fourth-order valence-electron chi connectivity index (χ4n) is 1.00. The van der Waals surface area contributed by atoms with Crippen molar-refractivity contribution in [1.29, 1.82) is 0 Å². The van der Waals surface area contributed by atoms with Gasteiger partial charge in [0.15, 0.2) is 4.73 Å². The highest BCUT2D eigenvalue weighted by Crippen LogP contribution is 2.05. The average Bonchev–Trinajstić information content (AvgIpc) is 2.54. The normalized spacial score (nSPS) is 10.2. The van der Waals surface area contributed by atoms with E-state index in [1.54, 1.807) is 10.9 Å². The van der Waals surface area contributed by atoms with Crippen LogP contribution < -0.4 is 0 Å². The van der Waals surface area contributed by atoms with Gasteiger partial charge in [0.2, 0.25) is 0 Å². The molecule has 0 radical (unpaired) electrons. The van der Waals surface area contributed by atoms with Gasteiger partial charge < -0.3 is 0 Å². The summed E-state index contributed by atoms with van der Waals surface area (Å²) >= 11 is 3.29. The molecule has 2 rings (SSSR count). The van der Waals surface area contributed by atoms with E-state index in [0.717, 1.165) is 10.4 Å². The predicted octanol–water partition coefficient (Wildman–Crippen LogP) is 1.48. The lowest BCUT2D eigenvalue weighted by Crippen LogP contribution is -2.03. The molecule has 0 aliphatic rings. The second kappa shape index (κ2) is 3.66. The van der Waals surface area contributed by atoms with Crippen molar-refractivity contribution in [2.24, 2.45) is 0 Å². The molecular formula is C8H7BrN4. The molecule has 0 unspecified atom stereocenters. The summed E-state index contributed by atoms with van der Waals surface area (Å²) in [6, 6.07) is 5.79. The van der Waals surface area contributed by atoms with Gasteiger partial charge in [-0.15, -0.1) is 0 Å². The Bertz CT molecular complexity index is 384. The summed E-state index contributed by atoms with van der Waals surface area (Å²) in [5.41, 5.74) is 0.966. The van der Waals surface area contributed by atoms with Crippen molar-refractivity contribution >= 4 is 15.9 Å². The third-order valence-electron chi connectivity index (χ3n) is 1.61. The first-order valence-corrected chi connectivity index (χ1v) is 4.59. The maximum Gasteiger partial charge on any atom is 0.195 e. The average molecular weight is 239 g/mol. The number of hydrogen-bond acceptors (Lipinski definition) is 3. The third kappa shape index (κ3) is 1.92. The Labute approximate surface area is 83.8 Å². The number of aromatic nitrogens is 4. The molecule has 0 spiro atoms. The summed E-state index contributed by atoms with van der Waals surface area (Å²) in [4.78, 5) is 8.14. The first kappa shape index (κ1) is 8.37. The van der Waals surface area contributed by atoms with Crippen LogP contribution in [0.5, 0.6) is 0 Å². The SMILES string of the molecule is Brc1ncnn1Cc1ccccn1. The van der Waals surface area contributed by atoms with Crippen LogP contribution in [0, 0.1) is 0 Å². The van der Waals surface area contributed by atoms with Gasteiger partial charge in [0, 0.05) is 6.20 Å². The molecule has 4 nitrogen and oxygen atoms in total. The predicted molar refractivity (Wildman–Crippen MR) is 51.1 cm³/mol. The zero-order valence-electron chi connectivity index (χ0n) is 6.76. The van der Waals surface area contributed by atoms with Gasteiger partial charge in [0.1, 0.15) is 6.33 Å². The lowest BCUT2D eigenvalue weighted by atomic mass is 10.3. The maximum atomic E-state index is 4.19. The van der Waals surface area contributed by atoms with E-state index in [-0.39, 0.29) is 0 Å². The van der Waals surface area contributed by atoms with Gasteiger partial charge in [0.25, 0.3) is 0 Å². The van der Waals surface area contributed by atoms with Crippen LogP contribution in [0.25, 0.3) is 0 Å². The number of nitrogens with zero attached hydrogens (tertiary/aromatic N) is 4. The van der Waals surface area contributed by atoms with E-state index in [1.165, 1.54) is 6.33 Å². The van der Waals surface area contributed by atoms with Gasteiger partial charge in [-0.3, -0.25) is 4.98 Å². The Morgan fingerprint density at radius 2 is 2.23 bits per heavy atom. The zero-order valence-corrected chi connectivity index (χ0v) is 8.35. The molecule has 0 saturated carbocycles. The van der Waals surface area contributed by atoms with Crippen LogP contribution in [0.2, 0.25) is 0 Å². The Morgan fingerprint density at radius 3 is 2.85 bits per heavy atom. The van der Waals surface area contributed by atoms with E-state index in [9.17, 15) is 0 Å². The molecule has 0 aromatic carbocycles. The molecule has 2 aromatic heterocycles. The smallest absolute Gasteiger partial charge is 0.195 e. The third-order valence-corrected chi connectivity index (χ3v) is 2.22. The molecule has 0 bridgehead atoms. The lowest BCUT2D eigenvalue weighted by molar-refractivity contribution is 0.655. The minimum atomic E-state index is 0.640. The maximum absolute atomic E-state index is 4.19. The molecule has 2 aromatic rings. The Kier molecular flexibility index (Phi) is 2.35. The van der Waals surface area contributed by atoms with Crippen LogP contribution in [0.1, 0.15) is 5.69 Å². The van der Waals surface area contributed by atoms with Gasteiger partial charge in [-0.2, -0.15) is 5.10 Å². The molecule has 0 amide bonds. The first-order chi connectivity index (χ1) is 6.36. The first-order valence-electron chi connectivity index (χ1n) is 3.79. The Balaban J connectivity index is 2.20. The van der Waals surface area contributed by atoms with E-state index in [0.29, 0.717) is 6.54 Å². The molecule has 5 heteroatoms. The second-order valence-electron chi connectivity index (χ2n) is 2.51. The molecule has 66 valence electrons. The molecule has 0 N–H and O–H groups in total. The summed E-state index contributed by atoms with van der Waals surface area (Å²) < 4.78 is 2.46. The highest BCUT2D eigenvalue weighted by atomic mass is 79.9. The zero-order chi connectivity index (χ0) is 9.10. The number of halogens is 1. The molecule has 0 saturated heterocycles. The number of rotatable bonds is 2. The molecule has 0 atom stereocenters. The summed E-state index contributed by atoms with van der Waals surface area (Å²) in [5, 5.41) is 4.03. The van der Waals surface area contributed by atoms with Crippen molar-refractivity contribution in [2.45, 2.75) is 6.54 Å².